The molecule has 0 atom stereocenters. The van der Waals surface area contributed by atoms with Crippen molar-refractivity contribution in [1.82, 2.24) is 0 Å². The van der Waals surface area contributed by atoms with E-state index in [2.05, 4.69) is 44.0 Å². The van der Waals surface area contributed by atoms with Gasteiger partial charge in [0.2, 0.25) is 0 Å². The lowest BCUT2D eigenvalue weighted by Gasteiger charge is -2.25. The lowest BCUT2D eigenvalue weighted by atomic mass is 9.83. The number of nitrogens with zero attached hydrogens (tertiary/aromatic N) is 2. The summed E-state index contributed by atoms with van der Waals surface area (Å²) < 4.78 is 0. The Balaban J connectivity index is 2.26. The number of benzene rings is 1. The molecule has 2 rings (SSSR count). The van der Waals surface area contributed by atoms with Gasteiger partial charge in [-0.3, -0.25) is 4.99 Å². The molecule has 1 aliphatic heterocycles. The van der Waals surface area contributed by atoms with Crippen molar-refractivity contribution in [3.63, 3.8) is 0 Å². The van der Waals surface area contributed by atoms with Gasteiger partial charge in [-0.15, -0.1) is 0 Å². The van der Waals surface area contributed by atoms with Crippen LogP contribution in [0.25, 0.3) is 5.57 Å². The number of aliphatic imine (C=N–C) groups is 1. The molecule has 1 aromatic carbocycles. The Morgan fingerprint density at radius 1 is 1.28 bits per heavy atom. The lowest BCUT2D eigenvalue weighted by molar-refractivity contribution is 0.580. The van der Waals surface area contributed by atoms with Crippen LogP contribution in [0.15, 0.2) is 35.3 Å². The predicted molar refractivity (Wildman–Crippen MR) is 75.5 cm³/mol. The zero-order valence-electron chi connectivity index (χ0n) is 11.2. The number of hydrogen-bond donors (Lipinski definition) is 0. The van der Waals surface area contributed by atoms with E-state index >= 15 is 0 Å². The van der Waals surface area contributed by atoms with Gasteiger partial charge >= 0.3 is 0 Å². The molecule has 0 radical (unpaired) electrons. The summed E-state index contributed by atoms with van der Waals surface area (Å²) >= 11 is 0. The first-order chi connectivity index (χ1) is 8.50. The molecule has 1 heterocycles. The molecule has 2 nitrogen and oxygen atoms in total. The van der Waals surface area contributed by atoms with Crippen molar-refractivity contribution in [3.8, 4) is 6.07 Å². The second kappa shape index (κ2) is 4.78. The van der Waals surface area contributed by atoms with E-state index in [1.54, 1.807) is 0 Å². The summed E-state index contributed by atoms with van der Waals surface area (Å²) in [6.07, 6.45) is 3.05. The molecule has 0 aromatic heterocycles. The van der Waals surface area contributed by atoms with Crippen LogP contribution in [0.5, 0.6) is 0 Å². The fraction of sp³-hybridized carbons (Fsp3) is 0.375. The zero-order valence-corrected chi connectivity index (χ0v) is 11.2. The zero-order chi connectivity index (χ0) is 13.2. The fourth-order valence-electron chi connectivity index (χ4n) is 2.09. The van der Waals surface area contributed by atoms with Gasteiger partial charge in [-0.2, -0.15) is 5.26 Å². The second-order valence-electron chi connectivity index (χ2n) is 5.64. The Hall–Kier alpha value is -1.88. The second-order valence-corrected chi connectivity index (χ2v) is 5.64. The molecule has 0 fully saturated rings. The SMILES string of the molecule is CC(C)(C)C1=NCC=C(c2cccc(C#N)c2)C1. The summed E-state index contributed by atoms with van der Waals surface area (Å²) in [6.45, 7) is 7.33. The standard InChI is InChI=1S/C16H18N2/c1-16(2,3)15-10-14(7-8-18-15)13-6-4-5-12(9-13)11-17/h4-7,9H,8,10H2,1-3H3. The molecule has 0 amide bonds. The number of dihydropyridines is 1. The average Bonchev–Trinajstić information content (AvgIpc) is 2.38. The smallest absolute Gasteiger partial charge is 0.0991 e. The summed E-state index contributed by atoms with van der Waals surface area (Å²) in [4.78, 5) is 4.59. The molecule has 2 heteroatoms. The molecule has 0 aliphatic carbocycles. The third kappa shape index (κ3) is 2.68. The number of allylic oxidation sites excluding steroid dienone is 1. The van der Waals surface area contributed by atoms with Crippen molar-refractivity contribution >= 4 is 11.3 Å². The maximum atomic E-state index is 8.95. The minimum Gasteiger partial charge on any atom is -0.289 e. The van der Waals surface area contributed by atoms with Crippen molar-refractivity contribution in [3.05, 3.63) is 41.5 Å². The van der Waals surface area contributed by atoms with Crippen molar-refractivity contribution in [1.29, 1.82) is 5.26 Å². The number of hydrogen-bond acceptors (Lipinski definition) is 2. The number of rotatable bonds is 1. The highest BCUT2D eigenvalue weighted by molar-refractivity contribution is 5.98. The molecule has 0 saturated heterocycles. The molecule has 0 unspecified atom stereocenters. The van der Waals surface area contributed by atoms with Gasteiger partial charge in [-0.05, 0) is 23.3 Å². The predicted octanol–water partition coefficient (Wildman–Crippen LogP) is 3.83. The molecular formula is C16H18N2. The van der Waals surface area contributed by atoms with Gasteiger partial charge in [-0.1, -0.05) is 39.0 Å². The lowest BCUT2D eigenvalue weighted by Crippen LogP contribution is -2.23. The topological polar surface area (TPSA) is 36.1 Å². The van der Waals surface area contributed by atoms with E-state index in [9.17, 15) is 0 Å². The molecule has 18 heavy (non-hydrogen) atoms. The molecule has 0 bridgehead atoms. The van der Waals surface area contributed by atoms with Gasteiger partial charge in [0.1, 0.15) is 0 Å². The van der Waals surface area contributed by atoms with Crippen LogP contribution >= 0.6 is 0 Å². The summed E-state index contributed by atoms with van der Waals surface area (Å²) in [6, 6.07) is 9.99. The van der Waals surface area contributed by atoms with Crippen LogP contribution in [0, 0.1) is 16.7 Å². The van der Waals surface area contributed by atoms with Crippen LogP contribution in [-0.2, 0) is 0 Å². The van der Waals surface area contributed by atoms with Crippen LogP contribution in [0.3, 0.4) is 0 Å². The van der Waals surface area contributed by atoms with Crippen molar-refractivity contribution in [2.75, 3.05) is 6.54 Å². The van der Waals surface area contributed by atoms with Gasteiger partial charge in [0.05, 0.1) is 18.2 Å². The summed E-state index contributed by atoms with van der Waals surface area (Å²) in [5, 5.41) is 8.95. The molecule has 0 N–H and O–H groups in total. The Morgan fingerprint density at radius 3 is 2.72 bits per heavy atom. The highest BCUT2D eigenvalue weighted by Crippen LogP contribution is 2.29. The van der Waals surface area contributed by atoms with Crippen molar-refractivity contribution in [2.45, 2.75) is 27.2 Å². The van der Waals surface area contributed by atoms with Crippen LogP contribution in [0.2, 0.25) is 0 Å². The molecular weight excluding hydrogens is 220 g/mol. The first-order valence-corrected chi connectivity index (χ1v) is 6.24. The van der Waals surface area contributed by atoms with Crippen LogP contribution in [0.1, 0.15) is 38.3 Å². The minimum absolute atomic E-state index is 0.117. The maximum Gasteiger partial charge on any atom is 0.0991 e. The number of nitriles is 1. The summed E-state index contributed by atoms with van der Waals surface area (Å²) in [5.41, 5.74) is 4.50. The first kappa shape index (κ1) is 12.6. The summed E-state index contributed by atoms with van der Waals surface area (Å²) in [7, 11) is 0. The highest BCUT2D eigenvalue weighted by atomic mass is 14.8. The van der Waals surface area contributed by atoms with Crippen LogP contribution < -0.4 is 0 Å². The van der Waals surface area contributed by atoms with Gasteiger partial charge in [0.25, 0.3) is 0 Å². The Morgan fingerprint density at radius 2 is 2.06 bits per heavy atom. The molecule has 0 saturated carbocycles. The van der Waals surface area contributed by atoms with E-state index in [-0.39, 0.29) is 5.41 Å². The largest absolute Gasteiger partial charge is 0.289 e. The van der Waals surface area contributed by atoms with Crippen molar-refractivity contribution in [2.24, 2.45) is 10.4 Å². The fourth-order valence-corrected chi connectivity index (χ4v) is 2.09. The molecule has 1 aromatic rings. The van der Waals surface area contributed by atoms with Crippen LogP contribution in [-0.4, -0.2) is 12.3 Å². The monoisotopic (exact) mass is 238 g/mol. The molecule has 92 valence electrons. The van der Waals surface area contributed by atoms with Crippen LogP contribution in [0.4, 0.5) is 0 Å². The van der Waals surface area contributed by atoms with Gasteiger partial charge in [-0.25, -0.2) is 0 Å². The third-order valence-electron chi connectivity index (χ3n) is 3.21. The molecule has 0 spiro atoms. The third-order valence-corrected chi connectivity index (χ3v) is 3.21. The Labute approximate surface area is 109 Å². The van der Waals surface area contributed by atoms with E-state index in [4.69, 9.17) is 5.26 Å². The Kier molecular flexibility index (Phi) is 3.34. The van der Waals surface area contributed by atoms with Crippen molar-refractivity contribution < 1.29 is 0 Å². The molecule has 1 aliphatic rings. The first-order valence-electron chi connectivity index (χ1n) is 6.24. The van der Waals surface area contributed by atoms with E-state index < -0.39 is 0 Å². The minimum atomic E-state index is 0.117. The van der Waals surface area contributed by atoms with E-state index in [0.29, 0.717) is 5.56 Å². The quantitative estimate of drug-likeness (QED) is 0.732. The summed E-state index contributed by atoms with van der Waals surface area (Å²) in [5.74, 6) is 0. The van der Waals surface area contributed by atoms with E-state index in [1.165, 1.54) is 11.3 Å². The maximum absolute atomic E-state index is 8.95. The van der Waals surface area contributed by atoms with Gasteiger partial charge in [0, 0.05) is 17.5 Å². The average molecular weight is 238 g/mol. The normalized spacial score (nSPS) is 15.7. The van der Waals surface area contributed by atoms with E-state index in [1.807, 2.05) is 18.2 Å². The van der Waals surface area contributed by atoms with Gasteiger partial charge < -0.3 is 0 Å². The van der Waals surface area contributed by atoms with E-state index in [0.717, 1.165) is 18.5 Å². The highest BCUT2D eigenvalue weighted by Gasteiger charge is 2.22. The Bertz CT molecular complexity index is 551. The van der Waals surface area contributed by atoms with Gasteiger partial charge in [0.15, 0.2) is 0 Å².